The zero-order valence-electron chi connectivity index (χ0n) is 18.4. The van der Waals surface area contributed by atoms with Crippen LogP contribution < -0.4 is 5.32 Å². The van der Waals surface area contributed by atoms with Crippen LogP contribution in [0.1, 0.15) is 48.4 Å². The molecular weight excluding hydrogens is 388 g/mol. The van der Waals surface area contributed by atoms with Crippen molar-refractivity contribution >= 4 is 11.8 Å². The van der Waals surface area contributed by atoms with Crippen molar-refractivity contribution in [2.45, 2.75) is 33.4 Å². The number of carbonyl (C=O) groups excluding carboxylic acids is 2. The third-order valence-corrected chi connectivity index (χ3v) is 5.40. The summed E-state index contributed by atoms with van der Waals surface area (Å²) < 4.78 is 1.82. The lowest BCUT2D eigenvalue weighted by Crippen LogP contribution is -2.42. The van der Waals surface area contributed by atoms with Gasteiger partial charge in [0, 0.05) is 19.2 Å². The second kappa shape index (κ2) is 8.02. The first kappa shape index (κ1) is 20.8. The maximum Gasteiger partial charge on any atom is 0.255 e. The number of hydrogen-bond donors (Lipinski definition) is 1. The molecule has 0 spiro atoms. The molecule has 1 N–H and O–H groups in total. The molecule has 1 aromatic heterocycles. The number of aromatic nitrogens is 2. The third-order valence-electron chi connectivity index (χ3n) is 5.40. The fourth-order valence-corrected chi connectivity index (χ4v) is 4.09. The number of aryl methyl sites for hydroxylation is 1. The van der Waals surface area contributed by atoms with Crippen molar-refractivity contribution in [2.75, 3.05) is 6.54 Å². The molecule has 1 aliphatic rings. The number of hydrogen-bond acceptors (Lipinski definition) is 3. The van der Waals surface area contributed by atoms with Gasteiger partial charge in [-0.15, -0.1) is 0 Å². The van der Waals surface area contributed by atoms with Crippen LogP contribution >= 0.6 is 0 Å². The molecule has 0 aliphatic carbocycles. The zero-order chi connectivity index (χ0) is 22.2. The summed E-state index contributed by atoms with van der Waals surface area (Å²) >= 11 is 0. The number of amides is 2. The first-order valence-corrected chi connectivity index (χ1v) is 10.5. The summed E-state index contributed by atoms with van der Waals surface area (Å²) in [6.45, 7) is 7.00. The predicted octanol–water partition coefficient (Wildman–Crippen LogP) is 3.95. The minimum Gasteiger partial charge on any atom is -0.348 e. The van der Waals surface area contributed by atoms with Crippen LogP contribution in [0.15, 0.2) is 60.7 Å². The lowest BCUT2D eigenvalue weighted by molar-refractivity contribution is -0.126. The van der Waals surface area contributed by atoms with Crippen LogP contribution in [0.25, 0.3) is 11.3 Å². The lowest BCUT2D eigenvalue weighted by atomic mass is 9.95. The number of nitrogens with zero attached hydrogens (tertiary/aromatic N) is 3. The summed E-state index contributed by atoms with van der Waals surface area (Å²) in [6, 6.07) is 18.8. The molecule has 3 aromatic rings. The fourth-order valence-electron chi connectivity index (χ4n) is 4.09. The average molecular weight is 417 g/mol. The highest BCUT2D eigenvalue weighted by Crippen LogP contribution is 2.36. The highest BCUT2D eigenvalue weighted by atomic mass is 16.2. The molecule has 0 bridgehead atoms. The van der Waals surface area contributed by atoms with E-state index < -0.39 is 6.04 Å². The van der Waals surface area contributed by atoms with Gasteiger partial charge in [0.25, 0.3) is 5.91 Å². The fraction of sp³-hybridized carbons (Fsp3) is 0.320. The molecule has 4 rings (SSSR count). The highest BCUT2D eigenvalue weighted by molar-refractivity contribution is 6.04. The minimum atomic E-state index is -0.625. The van der Waals surface area contributed by atoms with Gasteiger partial charge in [-0.25, -0.2) is 0 Å². The van der Waals surface area contributed by atoms with E-state index in [1.165, 1.54) is 0 Å². The molecule has 0 fully saturated rings. The quantitative estimate of drug-likeness (QED) is 0.685. The Hall–Kier alpha value is -3.41. The van der Waals surface area contributed by atoms with E-state index in [0.717, 1.165) is 22.5 Å². The Bertz CT molecular complexity index is 1110. The van der Waals surface area contributed by atoms with Crippen molar-refractivity contribution in [1.29, 1.82) is 0 Å². The summed E-state index contributed by atoms with van der Waals surface area (Å²) in [4.78, 5) is 27.9. The summed E-state index contributed by atoms with van der Waals surface area (Å²) in [7, 11) is 1.89. The topological polar surface area (TPSA) is 67.2 Å². The van der Waals surface area contributed by atoms with Crippen molar-refractivity contribution in [1.82, 2.24) is 20.0 Å². The molecule has 160 valence electrons. The molecule has 0 saturated heterocycles. The Kier molecular flexibility index (Phi) is 5.39. The summed E-state index contributed by atoms with van der Waals surface area (Å²) in [5.74, 6) is -0.274. The van der Waals surface area contributed by atoms with Crippen LogP contribution in [-0.2, 0) is 18.4 Å². The van der Waals surface area contributed by atoms with Gasteiger partial charge in [0.15, 0.2) is 0 Å². The van der Waals surface area contributed by atoms with Crippen LogP contribution in [-0.4, -0.2) is 33.0 Å². The van der Waals surface area contributed by atoms with Crippen LogP contribution in [0, 0.1) is 5.41 Å². The summed E-state index contributed by atoms with van der Waals surface area (Å²) in [6.07, 6.45) is 0. The molecule has 2 heterocycles. The summed E-state index contributed by atoms with van der Waals surface area (Å²) in [5, 5.41) is 7.55. The maximum atomic E-state index is 13.2. The molecule has 1 aliphatic heterocycles. The monoisotopic (exact) mass is 416 g/mol. The Morgan fingerprint density at radius 2 is 1.74 bits per heavy atom. The molecule has 31 heavy (non-hydrogen) atoms. The molecule has 2 aromatic carbocycles. The average Bonchev–Trinajstić information content (AvgIpc) is 3.24. The number of nitrogens with one attached hydrogen (secondary N) is 1. The van der Waals surface area contributed by atoms with Crippen molar-refractivity contribution in [3.05, 3.63) is 77.5 Å². The third kappa shape index (κ3) is 4.24. The number of rotatable bonds is 5. The van der Waals surface area contributed by atoms with Gasteiger partial charge < -0.3 is 10.2 Å². The van der Waals surface area contributed by atoms with E-state index >= 15 is 0 Å². The van der Waals surface area contributed by atoms with Crippen molar-refractivity contribution in [3.8, 4) is 11.3 Å². The normalized spacial score (nSPS) is 15.8. The van der Waals surface area contributed by atoms with Crippen molar-refractivity contribution in [3.63, 3.8) is 0 Å². The van der Waals surface area contributed by atoms with E-state index in [-0.39, 0.29) is 17.2 Å². The second-order valence-electron chi connectivity index (χ2n) is 9.21. The Morgan fingerprint density at radius 1 is 1.06 bits per heavy atom. The van der Waals surface area contributed by atoms with Crippen LogP contribution in [0.4, 0.5) is 0 Å². The van der Waals surface area contributed by atoms with Gasteiger partial charge in [0.1, 0.15) is 6.04 Å². The highest BCUT2D eigenvalue weighted by Gasteiger charge is 2.42. The first-order valence-electron chi connectivity index (χ1n) is 10.5. The van der Waals surface area contributed by atoms with Gasteiger partial charge in [-0.1, -0.05) is 69.3 Å². The molecule has 0 saturated carbocycles. The number of benzene rings is 2. The number of fused-ring (bicyclic) bond motifs is 1. The Balaban J connectivity index is 1.54. The second-order valence-corrected chi connectivity index (χ2v) is 9.21. The molecule has 1 atom stereocenters. The SMILES string of the molecule is Cn1nc(CNC(=O)C2c3ccccc3C(=O)N2CC(C)(C)C)cc1-c1ccccc1. The molecule has 6 nitrogen and oxygen atoms in total. The van der Waals surface area contributed by atoms with Gasteiger partial charge in [-0.3, -0.25) is 14.3 Å². The lowest BCUT2D eigenvalue weighted by Gasteiger charge is -2.31. The van der Waals surface area contributed by atoms with E-state index in [4.69, 9.17) is 0 Å². The van der Waals surface area contributed by atoms with E-state index in [2.05, 4.69) is 31.2 Å². The maximum absolute atomic E-state index is 13.2. The van der Waals surface area contributed by atoms with Crippen molar-refractivity contribution < 1.29 is 9.59 Å². The molecule has 6 heteroatoms. The summed E-state index contributed by atoms with van der Waals surface area (Å²) in [5.41, 5.74) is 4.08. The zero-order valence-corrected chi connectivity index (χ0v) is 18.4. The first-order chi connectivity index (χ1) is 14.7. The molecule has 0 radical (unpaired) electrons. The van der Waals surface area contributed by atoms with E-state index in [1.807, 2.05) is 66.3 Å². The Morgan fingerprint density at radius 3 is 2.45 bits per heavy atom. The van der Waals surface area contributed by atoms with E-state index in [1.54, 1.807) is 11.0 Å². The standard InChI is InChI=1S/C25H28N4O2/c1-25(2,3)16-29-22(19-12-8-9-13-20(19)24(29)31)23(30)26-15-18-14-21(28(4)27-18)17-10-6-5-7-11-17/h5-14,22H,15-16H2,1-4H3,(H,26,30). The van der Waals surface area contributed by atoms with E-state index in [0.29, 0.717) is 18.7 Å². The van der Waals surface area contributed by atoms with Crippen LogP contribution in [0.3, 0.4) is 0 Å². The van der Waals surface area contributed by atoms with Gasteiger partial charge in [-0.05, 0) is 28.7 Å². The molecular formula is C25H28N4O2. The predicted molar refractivity (Wildman–Crippen MR) is 120 cm³/mol. The van der Waals surface area contributed by atoms with Crippen LogP contribution in [0.5, 0.6) is 0 Å². The van der Waals surface area contributed by atoms with E-state index in [9.17, 15) is 9.59 Å². The molecule has 2 amide bonds. The van der Waals surface area contributed by atoms with Gasteiger partial charge in [-0.2, -0.15) is 5.10 Å². The largest absolute Gasteiger partial charge is 0.348 e. The van der Waals surface area contributed by atoms with Crippen molar-refractivity contribution in [2.24, 2.45) is 12.5 Å². The Labute approximate surface area is 182 Å². The van der Waals surface area contributed by atoms with Gasteiger partial charge in [0.2, 0.25) is 5.91 Å². The number of carbonyl (C=O) groups is 2. The van der Waals surface area contributed by atoms with Gasteiger partial charge >= 0.3 is 0 Å². The molecule has 1 unspecified atom stereocenters. The van der Waals surface area contributed by atoms with Crippen LogP contribution in [0.2, 0.25) is 0 Å². The smallest absolute Gasteiger partial charge is 0.255 e. The van der Waals surface area contributed by atoms with Gasteiger partial charge in [0.05, 0.1) is 17.9 Å². The minimum absolute atomic E-state index is 0.0881.